The zero-order chi connectivity index (χ0) is 15.8. The first-order valence-electron chi connectivity index (χ1n) is 5.82. The first-order valence-corrected chi connectivity index (χ1v) is 9.04. The van der Waals surface area contributed by atoms with E-state index in [1.54, 1.807) is 12.1 Å². The highest BCUT2D eigenvalue weighted by Gasteiger charge is 2.27. The molecule has 2 aromatic rings. The average Bonchev–Trinajstić information content (AvgIpc) is 2.76. The minimum atomic E-state index is -3.52. The lowest BCUT2D eigenvalue weighted by Crippen LogP contribution is -2.03. The first kappa shape index (κ1) is 16.1. The first-order chi connectivity index (χ1) is 9.81. The molecule has 21 heavy (non-hydrogen) atoms. The van der Waals surface area contributed by atoms with E-state index in [9.17, 15) is 13.7 Å². The molecule has 0 fully saturated rings. The molecule has 4 nitrogen and oxygen atoms in total. The molecule has 0 radical (unpaired) electrons. The highest BCUT2D eigenvalue weighted by Crippen LogP contribution is 2.44. The van der Waals surface area contributed by atoms with Gasteiger partial charge in [0.05, 0.1) is 11.3 Å². The second-order valence-corrected chi connectivity index (χ2v) is 8.51. The largest absolute Gasteiger partial charge is 0.389 e. The normalized spacial score (nSPS) is 11.3. The smallest absolute Gasteiger partial charge is 0.188 e. The molecule has 0 unspecified atom stereocenters. The maximum atomic E-state index is 12.2. The van der Waals surface area contributed by atoms with Crippen LogP contribution in [0.25, 0.3) is 11.1 Å². The van der Waals surface area contributed by atoms with Gasteiger partial charge in [0.1, 0.15) is 15.3 Å². The van der Waals surface area contributed by atoms with Crippen LogP contribution in [-0.4, -0.2) is 14.2 Å². The fraction of sp³-hybridized carbons (Fsp3) is 0.154. The van der Waals surface area contributed by atoms with Crippen molar-refractivity contribution >= 4 is 49.4 Å². The van der Waals surface area contributed by atoms with Gasteiger partial charge in [0.15, 0.2) is 9.84 Å². The number of nitrogen functional groups attached to an aromatic ring is 1. The molecule has 1 aromatic carbocycles. The van der Waals surface area contributed by atoms with Gasteiger partial charge in [-0.3, -0.25) is 0 Å². The predicted molar refractivity (Wildman–Crippen MR) is 86.6 cm³/mol. The van der Waals surface area contributed by atoms with Crippen LogP contribution >= 0.6 is 34.5 Å². The van der Waals surface area contributed by atoms with Crippen molar-refractivity contribution in [2.45, 2.75) is 11.1 Å². The number of nitrogens with zero attached hydrogens (tertiary/aromatic N) is 1. The van der Waals surface area contributed by atoms with Crippen LogP contribution in [0.5, 0.6) is 0 Å². The molecule has 0 aliphatic heterocycles. The summed E-state index contributed by atoms with van der Waals surface area (Å²) < 4.78 is 24.5. The number of nitriles is 1. The number of benzene rings is 1. The Balaban J connectivity index is 2.88. The molecule has 1 aromatic heterocycles. The standard InChI is InChI=1S/C13H10Cl2N2O2S2/c1-2-21(18,19)13-11(9(6-16)12(17)20-13)8-4-3-7(14)5-10(8)15/h3-5H,2,17H2,1H3. The summed E-state index contributed by atoms with van der Waals surface area (Å²) in [5.41, 5.74) is 6.59. The highest BCUT2D eigenvalue weighted by molar-refractivity contribution is 7.93. The van der Waals surface area contributed by atoms with Gasteiger partial charge in [0.25, 0.3) is 0 Å². The third kappa shape index (κ3) is 2.87. The van der Waals surface area contributed by atoms with Crippen LogP contribution in [0, 0.1) is 11.3 Å². The summed E-state index contributed by atoms with van der Waals surface area (Å²) in [6.45, 7) is 1.53. The lowest BCUT2D eigenvalue weighted by Gasteiger charge is -2.07. The quantitative estimate of drug-likeness (QED) is 0.897. The number of thiophene rings is 1. The van der Waals surface area contributed by atoms with E-state index in [1.807, 2.05) is 6.07 Å². The molecule has 0 aliphatic carbocycles. The Hall–Kier alpha value is -1.26. The van der Waals surface area contributed by atoms with Crippen LogP contribution in [0.4, 0.5) is 5.00 Å². The Morgan fingerprint density at radius 1 is 1.38 bits per heavy atom. The molecule has 1 heterocycles. The van der Waals surface area contributed by atoms with Crippen molar-refractivity contribution in [2.75, 3.05) is 11.5 Å². The fourth-order valence-electron chi connectivity index (χ4n) is 1.83. The topological polar surface area (TPSA) is 83.9 Å². The Morgan fingerprint density at radius 2 is 2.05 bits per heavy atom. The molecule has 2 N–H and O–H groups in total. The van der Waals surface area contributed by atoms with Gasteiger partial charge < -0.3 is 5.73 Å². The van der Waals surface area contributed by atoms with E-state index >= 15 is 0 Å². The van der Waals surface area contributed by atoms with Crippen molar-refractivity contribution in [3.05, 3.63) is 33.8 Å². The van der Waals surface area contributed by atoms with Gasteiger partial charge in [0, 0.05) is 21.2 Å². The van der Waals surface area contributed by atoms with Crippen LogP contribution < -0.4 is 5.73 Å². The third-order valence-corrected chi connectivity index (χ3v) is 6.78. The van der Waals surface area contributed by atoms with Crippen LogP contribution in [-0.2, 0) is 9.84 Å². The predicted octanol–water partition coefficient (Wildman–Crippen LogP) is 3.97. The summed E-state index contributed by atoms with van der Waals surface area (Å²) in [6, 6.07) is 6.61. The molecule has 0 spiro atoms. The van der Waals surface area contributed by atoms with Crippen molar-refractivity contribution in [2.24, 2.45) is 0 Å². The molecule has 110 valence electrons. The number of hydrogen-bond acceptors (Lipinski definition) is 5. The maximum absolute atomic E-state index is 12.2. The Kier molecular flexibility index (Phi) is 4.49. The van der Waals surface area contributed by atoms with Crippen molar-refractivity contribution < 1.29 is 8.42 Å². The van der Waals surface area contributed by atoms with Gasteiger partial charge >= 0.3 is 0 Å². The summed E-state index contributed by atoms with van der Waals surface area (Å²) >= 11 is 12.9. The lowest BCUT2D eigenvalue weighted by molar-refractivity contribution is 0.599. The molecular weight excluding hydrogens is 351 g/mol. The molecule has 0 atom stereocenters. The van der Waals surface area contributed by atoms with E-state index in [4.69, 9.17) is 28.9 Å². The monoisotopic (exact) mass is 360 g/mol. The number of nitrogens with two attached hydrogens (primary N) is 1. The number of rotatable bonds is 3. The van der Waals surface area contributed by atoms with Gasteiger partial charge in [-0.25, -0.2) is 8.42 Å². The third-order valence-electron chi connectivity index (χ3n) is 2.88. The second-order valence-electron chi connectivity index (χ2n) is 4.14. The molecular formula is C13H10Cl2N2O2S2. The van der Waals surface area contributed by atoms with E-state index in [0.717, 1.165) is 11.3 Å². The van der Waals surface area contributed by atoms with E-state index in [0.29, 0.717) is 10.6 Å². The minimum Gasteiger partial charge on any atom is -0.389 e. The van der Waals surface area contributed by atoms with Crippen LogP contribution in [0.2, 0.25) is 10.0 Å². The Morgan fingerprint density at radius 3 is 2.57 bits per heavy atom. The molecule has 0 saturated heterocycles. The second kappa shape index (κ2) is 5.85. The summed E-state index contributed by atoms with van der Waals surface area (Å²) in [5, 5.41) is 10.1. The Labute approximate surface area is 136 Å². The van der Waals surface area contributed by atoms with Gasteiger partial charge in [-0.2, -0.15) is 5.26 Å². The average molecular weight is 361 g/mol. The van der Waals surface area contributed by atoms with E-state index in [-0.39, 0.29) is 31.1 Å². The van der Waals surface area contributed by atoms with Crippen molar-refractivity contribution in [1.29, 1.82) is 5.26 Å². The fourth-order valence-corrected chi connectivity index (χ4v) is 5.01. The molecule has 8 heteroatoms. The maximum Gasteiger partial charge on any atom is 0.188 e. The highest BCUT2D eigenvalue weighted by atomic mass is 35.5. The number of halogens is 2. The number of hydrogen-bond donors (Lipinski definition) is 1. The minimum absolute atomic E-state index is 0.0586. The zero-order valence-corrected chi connectivity index (χ0v) is 14.0. The number of anilines is 1. The molecule has 0 saturated carbocycles. The lowest BCUT2D eigenvalue weighted by atomic mass is 10.0. The SMILES string of the molecule is CCS(=O)(=O)c1sc(N)c(C#N)c1-c1ccc(Cl)cc1Cl. The van der Waals surface area contributed by atoms with Gasteiger partial charge in [-0.05, 0) is 12.1 Å². The van der Waals surface area contributed by atoms with Crippen molar-refractivity contribution in [1.82, 2.24) is 0 Å². The van der Waals surface area contributed by atoms with E-state index < -0.39 is 9.84 Å². The van der Waals surface area contributed by atoms with Gasteiger partial charge in [-0.1, -0.05) is 36.2 Å². The molecule has 0 amide bonds. The van der Waals surface area contributed by atoms with Crippen LogP contribution in [0.1, 0.15) is 12.5 Å². The summed E-state index contributed by atoms with van der Waals surface area (Å²) in [7, 11) is -3.52. The van der Waals surface area contributed by atoms with E-state index in [1.165, 1.54) is 13.0 Å². The zero-order valence-electron chi connectivity index (χ0n) is 10.9. The summed E-state index contributed by atoms with van der Waals surface area (Å²) in [4.78, 5) is 0. The van der Waals surface area contributed by atoms with E-state index in [2.05, 4.69) is 0 Å². The summed E-state index contributed by atoms with van der Waals surface area (Å²) in [6.07, 6.45) is 0. The Bertz CT molecular complexity index is 852. The van der Waals surface area contributed by atoms with Crippen LogP contribution in [0.3, 0.4) is 0 Å². The number of sulfone groups is 1. The van der Waals surface area contributed by atoms with Gasteiger partial charge in [0.2, 0.25) is 0 Å². The molecule has 0 aliphatic rings. The van der Waals surface area contributed by atoms with Crippen LogP contribution in [0.15, 0.2) is 22.4 Å². The summed E-state index contributed by atoms with van der Waals surface area (Å²) in [5.74, 6) is -0.0873. The van der Waals surface area contributed by atoms with Gasteiger partial charge in [-0.15, -0.1) is 11.3 Å². The molecule has 2 rings (SSSR count). The van der Waals surface area contributed by atoms with Crippen molar-refractivity contribution in [3.63, 3.8) is 0 Å². The van der Waals surface area contributed by atoms with Crippen molar-refractivity contribution in [3.8, 4) is 17.2 Å². The molecule has 0 bridgehead atoms.